The molecule has 2 N–H and O–H groups in total. The fourth-order valence-corrected chi connectivity index (χ4v) is 2.83. The highest BCUT2D eigenvalue weighted by atomic mass is 79.9. The first-order valence-electron chi connectivity index (χ1n) is 5.90. The van der Waals surface area contributed by atoms with E-state index in [-0.39, 0.29) is 0 Å². The summed E-state index contributed by atoms with van der Waals surface area (Å²) in [5.74, 6) is 0.439. The molecule has 3 rings (SSSR count). The van der Waals surface area contributed by atoms with E-state index in [4.69, 9.17) is 28.9 Å². The van der Waals surface area contributed by atoms with Gasteiger partial charge in [0.05, 0.1) is 27.6 Å². The predicted octanol–water partition coefficient (Wildman–Crippen LogP) is 4.74. The van der Waals surface area contributed by atoms with Crippen molar-refractivity contribution in [1.82, 2.24) is 9.55 Å². The number of fused-ring (bicyclic) bond motifs is 1. The van der Waals surface area contributed by atoms with Crippen LogP contribution in [0.5, 0.6) is 0 Å². The van der Waals surface area contributed by atoms with E-state index in [1.165, 1.54) is 0 Å². The molecule has 3 nitrogen and oxygen atoms in total. The van der Waals surface area contributed by atoms with E-state index in [1.807, 2.05) is 28.8 Å². The normalized spacial score (nSPS) is 11.2. The molecule has 0 aliphatic heterocycles. The number of nitrogens with zero attached hydrogens (tertiary/aromatic N) is 2. The van der Waals surface area contributed by atoms with Gasteiger partial charge in [-0.2, -0.15) is 0 Å². The minimum atomic E-state index is 0.439. The van der Waals surface area contributed by atoms with Gasteiger partial charge in [0.25, 0.3) is 0 Å². The molecule has 0 bridgehead atoms. The molecule has 1 aromatic heterocycles. The van der Waals surface area contributed by atoms with Crippen LogP contribution in [0.3, 0.4) is 0 Å². The van der Waals surface area contributed by atoms with E-state index in [9.17, 15) is 0 Å². The summed E-state index contributed by atoms with van der Waals surface area (Å²) in [5, 5.41) is 0.970. The number of rotatable bonds is 2. The van der Waals surface area contributed by atoms with Crippen molar-refractivity contribution in [3.63, 3.8) is 0 Å². The highest BCUT2D eigenvalue weighted by Gasteiger charge is 2.12. The van der Waals surface area contributed by atoms with E-state index in [0.717, 1.165) is 21.1 Å². The lowest BCUT2D eigenvalue weighted by Crippen LogP contribution is -2.05. The van der Waals surface area contributed by atoms with Gasteiger partial charge in [-0.05, 0) is 23.8 Å². The number of hydrogen-bond donors (Lipinski definition) is 1. The van der Waals surface area contributed by atoms with Crippen LogP contribution in [0, 0.1) is 0 Å². The molecule has 0 saturated heterocycles. The number of anilines is 1. The lowest BCUT2D eigenvalue weighted by Gasteiger charge is -2.08. The zero-order chi connectivity index (χ0) is 14.3. The number of imidazole rings is 1. The first-order valence-corrected chi connectivity index (χ1v) is 7.45. The molecule has 2 aromatic carbocycles. The van der Waals surface area contributed by atoms with E-state index < -0.39 is 0 Å². The van der Waals surface area contributed by atoms with Crippen LogP contribution >= 0.6 is 39.1 Å². The van der Waals surface area contributed by atoms with Crippen molar-refractivity contribution in [2.45, 2.75) is 6.54 Å². The number of benzene rings is 2. The third-order valence-electron chi connectivity index (χ3n) is 3.11. The topological polar surface area (TPSA) is 43.8 Å². The molecular formula is C14H10BrCl2N3. The maximum Gasteiger partial charge on any atom is 0.201 e. The molecule has 0 aliphatic carbocycles. The monoisotopic (exact) mass is 369 g/mol. The molecule has 0 amide bonds. The number of nitrogens with two attached hydrogens (primary N) is 1. The quantitative estimate of drug-likeness (QED) is 0.708. The summed E-state index contributed by atoms with van der Waals surface area (Å²) in [5.41, 5.74) is 8.73. The van der Waals surface area contributed by atoms with E-state index >= 15 is 0 Å². The van der Waals surface area contributed by atoms with E-state index in [2.05, 4.69) is 20.9 Å². The molecule has 0 spiro atoms. The van der Waals surface area contributed by atoms with Gasteiger partial charge in [0, 0.05) is 4.47 Å². The highest BCUT2D eigenvalue weighted by Crippen LogP contribution is 2.30. The van der Waals surface area contributed by atoms with Gasteiger partial charge in [-0.1, -0.05) is 57.3 Å². The fraction of sp³-hybridized carbons (Fsp3) is 0.0714. The third-order valence-corrected chi connectivity index (χ3v) is 4.60. The standard InChI is InChI=1S/C14H10BrCl2N3/c15-9-4-2-1-3-8(9)7-20-13-6-11(17)10(16)5-12(13)19-14(20)18/h1-6H,7H2,(H2,18,19). The Kier molecular flexibility index (Phi) is 3.63. The second-order valence-corrected chi connectivity index (χ2v) is 6.07. The third kappa shape index (κ3) is 2.39. The Bertz CT molecular complexity index is 798. The van der Waals surface area contributed by atoms with Gasteiger partial charge in [0.2, 0.25) is 5.95 Å². The zero-order valence-electron chi connectivity index (χ0n) is 10.3. The number of halogens is 3. The Labute approximate surface area is 134 Å². The Balaban J connectivity index is 2.14. The van der Waals surface area contributed by atoms with Gasteiger partial charge >= 0.3 is 0 Å². The first kappa shape index (κ1) is 13.7. The Morgan fingerprint density at radius 1 is 1.15 bits per heavy atom. The van der Waals surface area contributed by atoms with Crippen LogP contribution in [0.25, 0.3) is 11.0 Å². The van der Waals surface area contributed by atoms with Crippen LogP contribution in [0.15, 0.2) is 40.9 Å². The molecule has 0 atom stereocenters. The Morgan fingerprint density at radius 3 is 2.60 bits per heavy atom. The first-order chi connectivity index (χ1) is 9.56. The van der Waals surface area contributed by atoms with Crippen molar-refractivity contribution < 1.29 is 0 Å². The maximum absolute atomic E-state index is 6.08. The molecule has 6 heteroatoms. The molecule has 0 fully saturated rings. The number of aromatic nitrogens is 2. The van der Waals surface area contributed by atoms with Crippen LogP contribution in [-0.2, 0) is 6.54 Å². The van der Waals surface area contributed by atoms with Gasteiger partial charge in [-0.15, -0.1) is 0 Å². The highest BCUT2D eigenvalue weighted by molar-refractivity contribution is 9.10. The maximum atomic E-state index is 6.08. The van der Waals surface area contributed by atoms with Gasteiger partial charge < -0.3 is 10.3 Å². The van der Waals surface area contributed by atoms with Crippen molar-refractivity contribution in [1.29, 1.82) is 0 Å². The summed E-state index contributed by atoms with van der Waals surface area (Å²) in [4.78, 5) is 4.32. The number of nitrogen functional groups attached to an aromatic ring is 1. The largest absolute Gasteiger partial charge is 0.369 e. The zero-order valence-corrected chi connectivity index (χ0v) is 13.4. The average molecular weight is 371 g/mol. The van der Waals surface area contributed by atoms with E-state index in [1.54, 1.807) is 12.1 Å². The molecule has 0 unspecified atom stereocenters. The van der Waals surface area contributed by atoms with Crippen LogP contribution < -0.4 is 5.73 Å². The molecule has 3 aromatic rings. The lowest BCUT2D eigenvalue weighted by molar-refractivity contribution is 0.835. The lowest BCUT2D eigenvalue weighted by atomic mass is 10.2. The van der Waals surface area contributed by atoms with Gasteiger partial charge in [-0.3, -0.25) is 0 Å². The summed E-state index contributed by atoms with van der Waals surface area (Å²) in [7, 11) is 0. The minimum Gasteiger partial charge on any atom is -0.369 e. The van der Waals surface area contributed by atoms with Crippen molar-refractivity contribution >= 4 is 56.1 Å². The smallest absolute Gasteiger partial charge is 0.201 e. The Morgan fingerprint density at radius 2 is 1.85 bits per heavy atom. The number of hydrogen-bond acceptors (Lipinski definition) is 2. The molecule has 102 valence electrons. The summed E-state index contributed by atoms with van der Waals surface area (Å²) in [6.07, 6.45) is 0. The molecule has 0 saturated carbocycles. The van der Waals surface area contributed by atoms with Crippen LogP contribution in [0.2, 0.25) is 10.0 Å². The molecule has 0 radical (unpaired) electrons. The van der Waals surface area contributed by atoms with Gasteiger partial charge in [0.15, 0.2) is 0 Å². The Hall–Kier alpha value is -1.23. The van der Waals surface area contributed by atoms with Crippen molar-refractivity contribution in [3.05, 3.63) is 56.5 Å². The van der Waals surface area contributed by atoms with E-state index in [0.29, 0.717) is 22.5 Å². The minimum absolute atomic E-state index is 0.439. The summed E-state index contributed by atoms with van der Waals surface area (Å²) in [6, 6.07) is 11.5. The average Bonchev–Trinajstić information content (AvgIpc) is 2.69. The summed E-state index contributed by atoms with van der Waals surface area (Å²) in [6.45, 7) is 0.613. The molecule has 0 aliphatic rings. The second kappa shape index (κ2) is 5.28. The van der Waals surface area contributed by atoms with Gasteiger partial charge in [-0.25, -0.2) is 4.98 Å². The summed E-state index contributed by atoms with van der Waals surface area (Å²) >= 11 is 15.6. The van der Waals surface area contributed by atoms with Crippen molar-refractivity contribution in [3.8, 4) is 0 Å². The SMILES string of the molecule is Nc1nc2cc(Cl)c(Cl)cc2n1Cc1ccccc1Br. The molecular weight excluding hydrogens is 361 g/mol. The van der Waals surface area contributed by atoms with Crippen LogP contribution in [0.1, 0.15) is 5.56 Å². The van der Waals surface area contributed by atoms with Crippen molar-refractivity contribution in [2.24, 2.45) is 0 Å². The molecule has 20 heavy (non-hydrogen) atoms. The van der Waals surface area contributed by atoms with Crippen molar-refractivity contribution in [2.75, 3.05) is 5.73 Å². The summed E-state index contributed by atoms with van der Waals surface area (Å²) < 4.78 is 2.94. The predicted molar refractivity (Wildman–Crippen MR) is 87.4 cm³/mol. The van der Waals surface area contributed by atoms with Crippen LogP contribution in [0.4, 0.5) is 5.95 Å². The van der Waals surface area contributed by atoms with Crippen LogP contribution in [-0.4, -0.2) is 9.55 Å². The van der Waals surface area contributed by atoms with Gasteiger partial charge in [0.1, 0.15) is 0 Å². The molecule has 1 heterocycles. The second-order valence-electron chi connectivity index (χ2n) is 4.40. The fourth-order valence-electron chi connectivity index (χ4n) is 2.10.